The number of likely N-dealkylation sites (tertiary alicyclic amines) is 1. The van der Waals surface area contributed by atoms with E-state index in [-0.39, 0.29) is 34.8 Å². The number of pyridine rings is 1. The van der Waals surface area contributed by atoms with Gasteiger partial charge in [0.2, 0.25) is 5.91 Å². The van der Waals surface area contributed by atoms with Gasteiger partial charge in [0.1, 0.15) is 5.56 Å². The molecule has 7 heteroatoms. The zero-order valence-corrected chi connectivity index (χ0v) is 14.3. The Labute approximate surface area is 141 Å². The lowest BCUT2D eigenvalue weighted by Gasteiger charge is -2.31. The van der Waals surface area contributed by atoms with Crippen LogP contribution in [0.25, 0.3) is 0 Å². The first-order valence-corrected chi connectivity index (χ1v) is 8.41. The number of hydrogen-bond acceptors (Lipinski definition) is 4. The van der Waals surface area contributed by atoms with Crippen LogP contribution in [0.4, 0.5) is 0 Å². The molecule has 1 aromatic rings. The summed E-state index contributed by atoms with van der Waals surface area (Å²) in [7, 11) is 0. The topological polar surface area (TPSA) is 108 Å². The van der Waals surface area contributed by atoms with Gasteiger partial charge < -0.3 is 20.9 Å². The van der Waals surface area contributed by atoms with Crippen molar-refractivity contribution in [2.24, 2.45) is 11.7 Å². The largest absolute Gasteiger partial charge is 0.369 e. The molecule has 0 saturated carbocycles. The quantitative estimate of drug-likeness (QED) is 0.701. The average molecular weight is 334 g/mol. The Morgan fingerprint density at radius 3 is 2.79 bits per heavy atom. The van der Waals surface area contributed by atoms with Crippen LogP contribution in [-0.4, -0.2) is 47.9 Å². The minimum atomic E-state index is -0.380. The lowest BCUT2D eigenvalue weighted by molar-refractivity contribution is -0.123. The second-order valence-electron chi connectivity index (χ2n) is 6.61. The van der Waals surface area contributed by atoms with Crippen LogP contribution >= 0.6 is 0 Å². The number of nitrogens with two attached hydrogens (primary N) is 1. The molecule has 1 aromatic heterocycles. The Morgan fingerprint density at radius 2 is 2.17 bits per heavy atom. The van der Waals surface area contributed by atoms with Gasteiger partial charge in [-0.15, -0.1) is 0 Å². The molecular formula is C17H26N4O3. The number of piperidine rings is 1. The van der Waals surface area contributed by atoms with E-state index in [4.69, 9.17) is 5.73 Å². The van der Waals surface area contributed by atoms with E-state index >= 15 is 0 Å². The van der Waals surface area contributed by atoms with Crippen molar-refractivity contribution in [1.82, 2.24) is 15.2 Å². The highest BCUT2D eigenvalue weighted by atomic mass is 16.2. The Bertz CT molecular complexity index is 653. The molecule has 1 saturated heterocycles. The Balaban J connectivity index is 1.85. The lowest BCUT2D eigenvalue weighted by Crippen LogP contribution is -2.44. The number of primary amides is 1. The number of rotatable bonds is 6. The summed E-state index contributed by atoms with van der Waals surface area (Å²) < 4.78 is 0. The molecule has 2 rings (SSSR count). The third-order valence-corrected chi connectivity index (χ3v) is 4.42. The Kier molecular flexibility index (Phi) is 6.14. The number of amides is 2. The molecule has 2 heterocycles. The van der Waals surface area contributed by atoms with Gasteiger partial charge in [-0.2, -0.15) is 0 Å². The number of aromatic amines is 1. The molecule has 132 valence electrons. The molecule has 7 nitrogen and oxygen atoms in total. The number of carbonyl (C=O) groups is 2. The molecule has 2 amide bonds. The maximum Gasteiger partial charge on any atom is 0.261 e. The van der Waals surface area contributed by atoms with Crippen molar-refractivity contribution in [3.05, 3.63) is 33.7 Å². The molecule has 1 atom stereocenters. The molecule has 0 aliphatic carbocycles. The number of hydrogen-bond donors (Lipinski definition) is 3. The van der Waals surface area contributed by atoms with Crippen molar-refractivity contribution >= 4 is 11.8 Å². The summed E-state index contributed by atoms with van der Waals surface area (Å²) in [5.41, 5.74) is 5.92. The fourth-order valence-electron chi connectivity index (χ4n) is 2.92. The van der Waals surface area contributed by atoms with Gasteiger partial charge in [0, 0.05) is 25.3 Å². The predicted molar refractivity (Wildman–Crippen MR) is 91.8 cm³/mol. The van der Waals surface area contributed by atoms with Crippen LogP contribution in [0.15, 0.2) is 16.9 Å². The number of H-pyrrole nitrogens is 1. The first-order valence-electron chi connectivity index (χ1n) is 8.41. The molecule has 24 heavy (non-hydrogen) atoms. The van der Waals surface area contributed by atoms with E-state index in [9.17, 15) is 14.4 Å². The zero-order valence-electron chi connectivity index (χ0n) is 14.3. The molecular weight excluding hydrogens is 308 g/mol. The van der Waals surface area contributed by atoms with Crippen molar-refractivity contribution in [3.63, 3.8) is 0 Å². The molecule has 0 spiro atoms. The number of aromatic nitrogens is 1. The molecule has 0 bridgehead atoms. The van der Waals surface area contributed by atoms with Crippen molar-refractivity contribution in [2.45, 2.75) is 32.6 Å². The fourth-order valence-corrected chi connectivity index (χ4v) is 2.92. The summed E-state index contributed by atoms with van der Waals surface area (Å²) >= 11 is 0. The van der Waals surface area contributed by atoms with Crippen LogP contribution in [0.5, 0.6) is 0 Å². The molecule has 1 aliphatic heterocycles. The first kappa shape index (κ1) is 18.2. The smallest absolute Gasteiger partial charge is 0.261 e. The summed E-state index contributed by atoms with van der Waals surface area (Å²) in [6.07, 6.45) is 1.76. The van der Waals surface area contributed by atoms with Crippen LogP contribution in [0.3, 0.4) is 0 Å². The van der Waals surface area contributed by atoms with Gasteiger partial charge in [-0.1, -0.05) is 13.8 Å². The van der Waals surface area contributed by atoms with Gasteiger partial charge >= 0.3 is 0 Å². The molecule has 0 aromatic carbocycles. The minimum Gasteiger partial charge on any atom is -0.369 e. The van der Waals surface area contributed by atoms with Crippen molar-refractivity contribution in [1.29, 1.82) is 0 Å². The van der Waals surface area contributed by atoms with Crippen molar-refractivity contribution in [2.75, 3.05) is 26.2 Å². The van der Waals surface area contributed by atoms with E-state index < -0.39 is 0 Å². The zero-order chi connectivity index (χ0) is 17.7. The SMILES string of the molecule is CC(C)c1ccc(C(=O)NCCN2CCC[C@H](C(N)=O)C2)c(=O)[nH]1. The van der Waals surface area contributed by atoms with Crippen LogP contribution in [-0.2, 0) is 4.79 Å². The summed E-state index contributed by atoms with van der Waals surface area (Å²) in [5, 5.41) is 2.76. The average Bonchev–Trinajstić information content (AvgIpc) is 2.54. The van der Waals surface area contributed by atoms with E-state index in [2.05, 4.69) is 15.2 Å². The molecule has 4 N–H and O–H groups in total. The van der Waals surface area contributed by atoms with E-state index in [0.717, 1.165) is 25.1 Å². The van der Waals surface area contributed by atoms with Gasteiger partial charge in [0.25, 0.3) is 11.5 Å². The third kappa shape index (κ3) is 4.67. The van der Waals surface area contributed by atoms with E-state index in [1.807, 2.05) is 13.8 Å². The highest BCUT2D eigenvalue weighted by Crippen LogP contribution is 2.15. The highest BCUT2D eigenvalue weighted by Gasteiger charge is 2.23. The van der Waals surface area contributed by atoms with Gasteiger partial charge in [0.05, 0.1) is 5.92 Å². The van der Waals surface area contributed by atoms with Gasteiger partial charge in [-0.05, 0) is 37.4 Å². The molecule has 1 fully saturated rings. The van der Waals surface area contributed by atoms with Gasteiger partial charge in [-0.25, -0.2) is 0 Å². The third-order valence-electron chi connectivity index (χ3n) is 4.42. The highest BCUT2D eigenvalue weighted by molar-refractivity contribution is 5.93. The predicted octanol–water partition coefficient (Wildman–Crippen LogP) is 0.425. The minimum absolute atomic E-state index is 0.110. The summed E-state index contributed by atoms with van der Waals surface area (Å²) in [6, 6.07) is 3.33. The van der Waals surface area contributed by atoms with E-state index in [0.29, 0.717) is 19.6 Å². The molecule has 1 aliphatic rings. The molecule has 0 radical (unpaired) electrons. The standard InChI is InChI=1S/C17H26N4O3/c1-11(2)14-6-5-13(17(24)20-14)16(23)19-7-9-21-8-3-4-12(10-21)15(18)22/h5-6,11-12H,3-4,7-10H2,1-2H3,(H2,18,22)(H,19,23)(H,20,24)/t12-/m0/s1. The summed E-state index contributed by atoms with van der Waals surface area (Å²) in [4.78, 5) is 40.2. The second-order valence-corrected chi connectivity index (χ2v) is 6.61. The van der Waals surface area contributed by atoms with Crippen LogP contribution < -0.4 is 16.6 Å². The monoisotopic (exact) mass is 334 g/mol. The number of nitrogens with one attached hydrogen (secondary N) is 2. The van der Waals surface area contributed by atoms with Crippen LogP contribution in [0.2, 0.25) is 0 Å². The normalized spacial score (nSPS) is 18.5. The van der Waals surface area contributed by atoms with Gasteiger partial charge in [-0.3, -0.25) is 14.4 Å². The van der Waals surface area contributed by atoms with Crippen molar-refractivity contribution < 1.29 is 9.59 Å². The number of carbonyl (C=O) groups excluding carboxylic acids is 2. The fraction of sp³-hybridized carbons (Fsp3) is 0.588. The number of nitrogens with zero attached hydrogens (tertiary/aromatic N) is 1. The van der Waals surface area contributed by atoms with E-state index in [1.54, 1.807) is 12.1 Å². The van der Waals surface area contributed by atoms with E-state index in [1.165, 1.54) is 0 Å². The van der Waals surface area contributed by atoms with Gasteiger partial charge in [0.15, 0.2) is 0 Å². The second kappa shape index (κ2) is 8.10. The summed E-state index contributed by atoms with van der Waals surface area (Å²) in [5.74, 6) is -0.552. The maximum atomic E-state index is 12.1. The maximum absolute atomic E-state index is 12.1. The first-order chi connectivity index (χ1) is 11.4. The summed E-state index contributed by atoms with van der Waals surface area (Å²) in [6.45, 7) is 6.54. The van der Waals surface area contributed by atoms with Crippen LogP contribution in [0, 0.1) is 5.92 Å². The van der Waals surface area contributed by atoms with Crippen LogP contribution in [0.1, 0.15) is 48.7 Å². The van der Waals surface area contributed by atoms with Crippen molar-refractivity contribution in [3.8, 4) is 0 Å². The molecule has 0 unspecified atom stereocenters. The lowest BCUT2D eigenvalue weighted by atomic mass is 9.97. The Morgan fingerprint density at radius 1 is 1.42 bits per heavy atom. The Hall–Kier alpha value is -2.15.